The highest BCUT2D eigenvalue weighted by Crippen LogP contribution is 2.24. The van der Waals surface area contributed by atoms with Crippen molar-refractivity contribution in [3.8, 4) is 11.4 Å². The molecule has 0 bridgehead atoms. The first-order valence-electron chi connectivity index (χ1n) is 9.78. The number of aromatic amines is 1. The number of aliphatic hydroxyl groups excluding tert-OH is 1. The maximum absolute atomic E-state index is 9.71. The number of hydrogen-bond donors (Lipinski definition) is 4. The van der Waals surface area contributed by atoms with Crippen molar-refractivity contribution in [2.45, 2.75) is 37.8 Å². The molecule has 0 atom stereocenters. The summed E-state index contributed by atoms with van der Waals surface area (Å²) in [6.45, 7) is 0. The van der Waals surface area contributed by atoms with Crippen molar-refractivity contribution in [1.29, 1.82) is 0 Å². The summed E-state index contributed by atoms with van der Waals surface area (Å²) in [5.41, 5.74) is 2.59. The maximum atomic E-state index is 9.71. The van der Waals surface area contributed by atoms with Gasteiger partial charge < -0.3 is 15.7 Å². The van der Waals surface area contributed by atoms with Gasteiger partial charge in [-0.3, -0.25) is 5.10 Å². The number of nitrogens with zero attached hydrogens (tertiary/aromatic N) is 5. The third-order valence-electron chi connectivity index (χ3n) is 5.22. The summed E-state index contributed by atoms with van der Waals surface area (Å²) in [7, 11) is 0. The summed E-state index contributed by atoms with van der Waals surface area (Å²) in [5, 5.41) is 27.9. The van der Waals surface area contributed by atoms with Crippen molar-refractivity contribution in [2.75, 3.05) is 10.6 Å². The Kier molecular flexibility index (Phi) is 4.57. The van der Waals surface area contributed by atoms with Crippen molar-refractivity contribution in [3.63, 3.8) is 0 Å². The lowest BCUT2D eigenvalue weighted by atomic mass is 9.93. The van der Waals surface area contributed by atoms with Crippen LogP contribution in [-0.4, -0.2) is 47.0 Å². The molecule has 1 saturated carbocycles. The summed E-state index contributed by atoms with van der Waals surface area (Å²) in [6.07, 6.45) is 4.97. The van der Waals surface area contributed by atoms with Crippen molar-refractivity contribution in [1.82, 2.24) is 29.8 Å². The number of aliphatic hydroxyl groups is 1. The molecule has 0 spiro atoms. The topological polar surface area (TPSA) is 116 Å². The van der Waals surface area contributed by atoms with E-state index in [4.69, 9.17) is 0 Å². The van der Waals surface area contributed by atoms with Gasteiger partial charge >= 0.3 is 0 Å². The molecule has 3 aromatic heterocycles. The molecule has 5 rings (SSSR count). The van der Waals surface area contributed by atoms with E-state index in [0.717, 1.165) is 48.4 Å². The maximum Gasteiger partial charge on any atom is 0.247 e. The molecule has 9 nitrogen and oxygen atoms in total. The van der Waals surface area contributed by atoms with Crippen molar-refractivity contribution >= 4 is 23.1 Å². The largest absolute Gasteiger partial charge is 0.393 e. The molecule has 1 fully saturated rings. The molecule has 1 aliphatic rings. The molecular formula is C20H22N8O. The van der Waals surface area contributed by atoms with E-state index in [1.54, 1.807) is 6.33 Å². The SMILES string of the molecule is O[C@H]1CC[C@@H](Nc2cccc3nc(Nc4ccc(-c5nc[nH]n5)cc4)nn23)CC1. The summed E-state index contributed by atoms with van der Waals surface area (Å²) >= 11 is 0. The normalized spacial score (nSPS) is 19.3. The van der Waals surface area contributed by atoms with E-state index in [0.29, 0.717) is 17.8 Å². The average molecular weight is 390 g/mol. The number of rotatable bonds is 5. The molecule has 0 saturated heterocycles. The fourth-order valence-corrected chi connectivity index (χ4v) is 3.68. The van der Waals surface area contributed by atoms with Crippen LogP contribution in [-0.2, 0) is 0 Å². The molecule has 4 N–H and O–H groups in total. The Hall–Kier alpha value is -3.46. The molecule has 29 heavy (non-hydrogen) atoms. The minimum absolute atomic E-state index is 0.166. The first-order valence-corrected chi connectivity index (χ1v) is 9.78. The summed E-state index contributed by atoms with van der Waals surface area (Å²) in [4.78, 5) is 8.73. The van der Waals surface area contributed by atoms with Gasteiger partial charge in [-0.25, -0.2) is 4.98 Å². The van der Waals surface area contributed by atoms with E-state index in [-0.39, 0.29) is 6.10 Å². The predicted molar refractivity (Wildman–Crippen MR) is 110 cm³/mol. The molecule has 9 heteroatoms. The average Bonchev–Trinajstić information content (AvgIpc) is 3.41. The van der Waals surface area contributed by atoms with Gasteiger partial charge in [0.2, 0.25) is 5.95 Å². The van der Waals surface area contributed by atoms with Gasteiger partial charge in [0.15, 0.2) is 11.5 Å². The van der Waals surface area contributed by atoms with E-state index in [1.165, 1.54) is 0 Å². The molecule has 1 aromatic carbocycles. The van der Waals surface area contributed by atoms with Gasteiger partial charge in [-0.1, -0.05) is 6.07 Å². The van der Waals surface area contributed by atoms with Crippen LogP contribution in [0.25, 0.3) is 17.0 Å². The Bertz CT molecular complexity index is 1080. The zero-order valence-corrected chi connectivity index (χ0v) is 15.8. The summed E-state index contributed by atoms with van der Waals surface area (Å²) in [5.74, 6) is 2.10. The number of H-pyrrole nitrogens is 1. The third-order valence-corrected chi connectivity index (χ3v) is 5.22. The van der Waals surface area contributed by atoms with Crippen LogP contribution < -0.4 is 10.6 Å². The van der Waals surface area contributed by atoms with Gasteiger partial charge in [0.25, 0.3) is 0 Å². The monoisotopic (exact) mass is 390 g/mol. The van der Waals surface area contributed by atoms with Gasteiger partial charge in [0.1, 0.15) is 12.1 Å². The van der Waals surface area contributed by atoms with Crippen LogP contribution in [0, 0.1) is 0 Å². The second-order valence-corrected chi connectivity index (χ2v) is 7.29. The zero-order valence-electron chi connectivity index (χ0n) is 15.8. The van der Waals surface area contributed by atoms with Crippen LogP contribution in [0.2, 0.25) is 0 Å². The molecule has 0 unspecified atom stereocenters. The van der Waals surface area contributed by atoms with Crippen molar-refractivity contribution in [3.05, 3.63) is 48.8 Å². The van der Waals surface area contributed by atoms with Gasteiger partial charge in [0.05, 0.1) is 6.10 Å². The third kappa shape index (κ3) is 3.77. The Morgan fingerprint density at radius 3 is 2.62 bits per heavy atom. The van der Waals surface area contributed by atoms with E-state index in [9.17, 15) is 5.11 Å². The second-order valence-electron chi connectivity index (χ2n) is 7.29. The van der Waals surface area contributed by atoms with Crippen LogP contribution in [0.1, 0.15) is 25.7 Å². The standard InChI is InChI=1S/C20H22N8O/c29-16-10-8-14(9-11-16)23-17-2-1-3-18-25-20(27-28(17)18)24-15-6-4-13(5-7-15)19-21-12-22-26-19/h1-7,12,14,16,23,29H,8-11H2,(H,24,27)(H,21,22,26)/t14-,16+. The summed E-state index contributed by atoms with van der Waals surface area (Å²) in [6, 6.07) is 14.0. The Labute approximate surface area is 167 Å². The van der Waals surface area contributed by atoms with Crippen LogP contribution in [0.4, 0.5) is 17.5 Å². The van der Waals surface area contributed by atoms with E-state index in [2.05, 4.69) is 35.9 Å². The highest BCUT2D eigenvalue weighted by molar-refractivity contribution is 5.63. The fraction of sp³-hybridized carbons (Fsp3) is 0.300. The highest BCUT2D eigenvalue weighted by atomic mass is 16.3. The predicted octanol–water partition coefficient (Wildman–Crippen LogP) is 2.97. The lowest BCUT2D eigenvalue weighted by Gasteiger charge is -2.26. The molecule has 0 amide bonds. The minimum Gasteiger partial charge on any atom is -0.393 e. The minimum atomic E-state index is -0.166. The Morgan fingerprint density at radius 1 is 1.03 bits per heavy atom. The van der Waals surface area contributed by atoms with Crippen LogP contribution in [0.15, 0.2) is 48.8 Å². The van der Waals surface area contributed by atoms with Gasteiger partial charge in [-0.15, -0.1) is 5.10 Å². The number of aromatic nitrogens is 6. The smallest absolute Gasteiger partial charge is 0.247 e. The lowest BCUT2D eigenvalue weighted by Crippen LogP contribution is -2.29. The molecule has 0 aliphatic heterocycles. The lowest BCUT2D eigenvalue weighted by molar-refractivity contribution is 0.126. The van der Waals surface area contributed by atoms with Crippen molar-refractivity contribution < 1.29 is 5.11 Å². The van der Waals surface area contributed by atoms with Gasteiger partial charge in [0, 0.05) is 17.3 Å². The van der Waals surface area contributed by atoms with Crippen LogP contribution in [0.3, 0.4) is 0 Å². The molecular weight excluding hydrogens is 368 g/mol. The number of fused-ring (bicyclic) bond motifs is 1. The van der Waals surface area contributed by atoms with Gasteiger partial charge in [-0.2, -0.15) is 14.6 Å². The fourth-order valence-electron chi connectivity index (χ4n) is 3.68. The number of nitrogens with one attached hydrogen (secondary N) is 3. The number of pyridine rings is 1. The number of anilines is 3. The van der Waals surface area contributed by atoms with E-state index in [1.807, 2.05) is 47.0 Å². The molecule has 3 heterocycles. The summed E-state index contributed by atoms with van der Waals surface area (Å²) < 4.78 is 1.81. The van der Waals surface area contributed by atoms with Crippen molar-refractivity contribution in [2.24, 2.45) is 0 Å². The Morgan fingerprint density at radius 2 is 1.86 bits per heavy atom. The molecule has 1 aliphatic carbocycles. The Balaban J connectivity index is 1.33. The first kappa shape index (κ1) is 17.6. The zero-order chi connectivity index (χ0) is 19.6. The molecule has 0 radical (unpaired) electrons. The van der Waals surface area contributed by atoms with E-state index < -0.39 is 0 Å². The van der Waals surface area contributed by atoms with Crippen LogP contribution >= 0.6 is 0 Å². The van der Waals surface area contributed by atoms with E-state index >= 15 is 0 Å². The number of benzene rings is 1. The number of hydrogen-bond acceptors (Lipinski definition) is 7. The first-order chi connectivity index (χ1) is 14.2. The quantitative estimate of drug-likeness (QED) is 0.414. The highest BCUT2D eigenvalue weighted by Gasteiger charge is 2.20. The molecule has 148 valence electrons. The van der Waals surface area contributed by atoms with Gasteiger partial charge in [-0.05, 0) is 62.1 Å². The second kappa shape index (κ2) is 7.51. The van der Waals surface area contributed by atoms with Crippen LogP contribution in [0.5, 0.6) is 0 Å². The molecule has 4 aromatic rings.